The van der Waals surface area contributed by atoms with Crippen molar-refractivity contribution in [2.45, 2.75) is 32.7 Å². The van der Waals surface area contributed by atoms with E-state index in [1.165, 1.54) is 5.56 Å². The van der Waals surface area contributed by atoms with Crippen molar-refractivity contribution in [1.29, 1.82) is 0 Å². The Morgan fingerprint density at radius 2 is 1.77 bits per heavy atom. The molecule has 0 fully saturated rings. The van der Waals surface area contributed by atoms with E-state index in [-0.39, 0.29) is 11.9 Å². The van der Waals surface area contributed by atoms with Crippen LogP contribution in [0.25, 0.3) is 0 Å². The first-order valence-electron chi connectivity index (χ1n) is 7.25. The van der Waals surface area contributed by atoms with Gasteiger partial charge in [-0.15, -0.1) is 0 Å². The predicted octanol–water partition coefficient (Wildman–Crippen LogP) is 5.11. The molecule has 0 saturated heterocycles. The van der Waals surface area contributed by atoms with E-state index in [0.717, 1.165) is 11.1 Å². The van der Waals surface area contributed by atoms with Gasteiger partial charge in [-0.2, -0.15) is 0 Å². The van der Waals surface area contributed by atoms with Crippen LogP contribution in [-0.2, 0) is 11.2 Å². The van der Waals surface area contributed by atoms with Crippen LogP contribution in [0, 0.1) is 6.92 Å². The van der Waals surface area contributed by atoms with E-state index in [1.807, 2.05) is 44.2 Å². The summed E-state index contributed by atoms with van der Waals surface area (Å²) in [7, 11) is 0. The first-order valence-corrected chi connectivity index (χ1v) is 8.01. The highest BCUT2D eigenvalue weighted by Gasteiger charge is 2.10. The van der Waals surface area contributed by atoms with Gasteiger partial charge in [0.1, 0.15) is 0 Å². The van der Waals surface area contributed by atoms with Crippen molar-refractivity contribution in [3.05, 3.63) is 69.2 Å². The van der Waals surface area contributed by atoms with E-state index >= 15 is 0 Å². The minimum absolute atomic E-state index is 0.00176. The highest BCUT2D eigenvalue weighted by Crippen LogP contribution is 2.23. The number of rotatable bonds is 5. The molecular weight excluding hydrogens is 317 g/mol. The number of hydrogen-bond donors (Lipinski definition) is 1. The Kier molecular flexibility index (Phi) is 5.87. The molecule has 1 amide bonds. The maximum Gasteiger partial charge on any atom is 0.220 e. The van der Waals surface area contributed by atoms with Gasteiger partial charge in [0.05, 0.1) is 16.1 Å². The number of aryl methyl sites for hydroxylation is 2. The topological polar surface area (TPSA) is 29.1 Å². The number of hydrogen-bond acceptors (Lipinski definition) is 1. The Hall–Kier alpha value is -1.51. The molecule has 4 heteroatoms. The fourth-order valence-electron chi connectivity index (χ4n) is 2.21. The number of benzene rings is 2. The summed E-state index contributed by atoms with van der Waals surface area (Å²) >= 11 is 11.9. The fourth-order valence-corrected chi connectivity index (χ4v) is 2.53. The van der Waals surface area contributed by atoms with Crippen molar-refractivity contribution in [2.75, 3.05) is 0 Å². The summed E-state index contributed by atoms with van der Waals surface area (Å²) in [6.45, 7) is 4.03. The highest BCUT2D eigenvalue weighted by molar-refractivity contribution is 6.42. The van der Waals surface area contributed by atoms with Gasteiger partial charge in [-0.25, -0.2) is 0 Å². The first kappa shape index (κ1) is 16.9. The molecule has 0 heterocycles. The van der Waals surface area contributed by atoms with Crippen molar-refractivity contribution < 1.29 is 4.79 Å². The zero-order chi connectivity index (χ0) is 16.1. The van der Waals surface area contributed by atoms with E-state index in [9.17, 15) is 4.79 Å². The first-order chi connectivity index (χ1) is 10.5. The average Bonchev–Trinajstić information content (AvgIpc) is 2.49. The lowest BCUT2D eigenvalue weighted by Crippen LogP contribution is -2.26. The van der Waals surface area contributed by atoms with Gasteiger partial charge in [-0.3, -0.25) is 4.79 Å². The summed E-state index contributed by atoms with van der Waals surface area (Å²) in [6, 6.07) is 13.6. The summed E-state index contributed by atoms with van der Waals surface area (Å²) < 4.78 is 0. The van der Waals surface area contributed by atoms with Crippen LogP contribution in [0.3, 0.4) is 0 Å². The van der Waals surface area contributed by atoms with E-state index in [4.69, 9.17) is 23.2 Å². The lowest BCUT2D eigenvalue weighted by molar-refractivity contribution is -0.121. The molecule has 22 heavy (non-hydrogen) atoms. The standard InChI is InChI=1S/C18H19Cl2NO/c1-12-3-7-15(8-4-12)13(2)21-18(22)10-6-14-5-9-16(19)17(20)11-14/h3-5,7-9,11,13H,6,10H2,1-2H3,(H,21,22)/t13-/m0/s1. The quantitative estimate of drug-likeness (QED) is 0.807. The van der Waals surface area contributed by atoms with Gasteiger partial charge >= 0.3 is 0 Å². The lowest BCUT2D eigenvalue weighted by atomic mass is 10.1. The second-order valence-electron chi connectivity index (χ2n) is 5.45. The van der Waals surface area contributed by atoms with Crippen LogP contribution in [0.15, 0.2) is 42.5 Å². The molecule has 2 aromatic rings. The predicted molar refractivity (Wildman–Crippen MR) is 92.5 cm³/mol. The van der Waals surface area contributed by atoms with E-state index < -0.39 is 0 Å². The normalized spacial score (nSPS) is 12.0. The molecule has 0 aliphatic carbocycles. The second-order valence-corrected chi connectivity index (χ2v) is 6.26. The Morgan fingerprint density at radius 3 is 2.41 bits per heavy atom. The molecule has 0 bridgehead atoms. The molecule has 2 rings (SSSR count). The average molecular weight is 336 g/mol. The summed E-state index contributed by atoms with van der Waals surface area (Å²) in [5.41, 5.74) is 3.32. The minimum Gasteiger partial charge on any atom is -0.350 e. The van der Waals surface area contributed by atoms with E-state index in [1.54, 1.807) is 12.1 Å². The molecule has 2 aromatic carbocycles. The summed E-state index contributed by atoms with van der Waals surface area (Å²) in [4.78, 5) is 12.0. The van der Waals surface area contributed by atoms with Gasteiger partial charge in [-0.1, -0.05) is 59.1 Å². The third-order valence-corrected chi connectivity index (χ3v) is 4.32. The van der Waals surface area contributed by atoms with Gasteiger partial charge in [0, 0.05) is 6.42 Å². The molecule has 0 radical (unpaired) electrons. The summed E-state index contributed by atoms with van der Waals surface area (Å²) in [6.07, 6.45) is 1.07. The van der Waals surface area contributed by atoms with Crippen molar-refractivity contribution in [3.63, 3.8) is 0 Å². The van der Waals surface area contributed by atoms with Crippen LogP contribution in [0.4, 0.5) is 0 Å². The van der Waals surface area contributed by atoms with E-state index in [2.05, 4.69) is 5.32 Å². The molecule has 0 unspecified atom stereocenters. The van der Waals surface area contributed by atoms with Gasteiger partial charge < -0.3 is 5.32 Å². The maximum absolute atomic E-state index is 12.0. The van der Waals surface area contributed by atoms with Crippen LogP contribution in [0.5, 0.6) is 0 Å². The Morgan fingerprint density at radius 1 is 1.09 bits per heavy atom. The second kappa shape index (κ2) is 7.66. The number of carbonyl (C=O) groups is 1. The lowest BCUT2D eigenvalue weighted by Gasteiger charge is -2.14. The third-order valence-electron chi connectivity index (χ3n) is 3.58. The summed E-state index contributed by atoms with van der Waals surface area (Å²) in [5.74, 6) is 0.0270. The maximum atomic E-state index is 12.0. The molecule has 116 valence electrons. The fraction of sp³-hybridized carbons (Fsp3) is 0.278. The Bertz CT molecular complexity index is 653. The third kappa shape index (κ3) is 4.75. The monoisotopic (exact) mass is 335 g/mol. The SMILES string of the molecule is Cc1ccc([C@H](C)NC(=O)CCc2ccc(Cl)c(Cl)c2)cc1. The molecule has 0 aliphatic heterocycles. The molecule has 0 spiro atoms. The molecule has 1 atom stereocenters. The molecular formula is C18H19Cl2NO. The number of carbonyl (C=O) groups excluding carboxylic acids is 1. The zero-order valence-corrected chi connectivity index (χ0v) is 14.2. The van der Waals surface area contributed by atoms with Crippen molar-refractivity contribution in [1.82, 2.24) is 5.32 Å². The molecule has 2 nitrogen and oxygen atoms in total. The van der Waals surface area contributed by atoms with E-state index in [0.29, 0.717) is 22.9 Å². The Labute approximate surface area is 141 Å². The van der Waals surface area contributed by atoms with Crippen LogP contribution in [0.1, 0.15) is 36.1 Å². The van der Waals surface area contributed by atoms with Gasteiger partial charge in [0.25, 0.3) is 0 Å². The van der Waals surface area contributed by atoms with Gasteiger partial charge in [0.15, 0.2) is 0 Å². The van der Waals surface area contributed by atoms with Gasteiger partial charge in [-0.05, 0) is 43.5 Å². The smallest absolute Gasteiger partial charge is 0.220 e. The molecule has 0 saturated carbocycles. The zero-order valence-electron chi connectivity index (χ0n) is 12.7. The molecule has 0 aromatic heterocycles. The van der Waals surface area contributed by atoms with Gasteiger partial charge in [0.2, 0.25) is 5.91 Å². The van der Waals surface area contributed by atoms with Crippen LogP contribution in [-0.4, -0.2) is 5.91 Å². The molecule has 1 N–H and O–H groups in total. The minimum atomic E-state index is 0.00176. The number of amides is 1. The number of halogens is 2. The van der Waals surface area contributed by atoms with Crippen molar-refractivity contribution in [3.8, 4) is 0 Å². The molecule has 0 aliphatic rings. The van der Waals surface area contributed by atoms with Crippen LogP contribution < -0.4 is 5.32 Å². The van der Waals surface area contributed by atoms with Crippen molar-refractivity contribution >= 4 is 29.1 Å². The van der Waals surface area contributed by atoms with Crippen LogP contribution >= 0.6 is 23.2 Å². The highest BCUT2D eigenvalue weighted by atomic mass is 35.5. The van der Waals surface area contributed by atoms with Crippen molar-refractivity contribution in [2.24, 2.45) is 0 Å². The summed E-state index contributed by atoms with van der Waals surface area (Å²) in [5, 5.41) is 4.07. The van der Waals surface area contributed by atoms with Crippen LogP contribution in [0.2, 0.25) is 10.0 Å². The number of nitrogens with one attached hydrogen (secondary N) is 1. The largest absolute Gasteiger partial charge is 0.350 e. The Balaban J connectivity index is 1.87.